The molecule has 0 aliphatic heterocycles. The first-order valence-electron chi connectivity index (χ1n) is 8.62. The minimum atomic E-state index is 0.454. The van der Waals surface area contributed by atoms with Crippen LogP contribution in [0.4, 0.5) is 0 Å². The molecule has 5 aliphatic rings. The lowest BCUT2D eigenvalue weighted by Gasteiger charge is -2.60. The summed E-state index contributed by atoms with van der Waals surface area (Å²) in [6.45, 7) is 0.833. The first kappa shape index (κ1) is 12.6. The van der Waals surface area contributed by atoms with Crippen LogP contribution in [0.25, 0.3) is 0 Å². The zero-order valence-electron chi connectivity index (χ0n) is 12.2. The summed E-state index contributed by atoms with van der Waals surface area (Å²) in [5.41, 5.74) is 0.454. The molecule has 0 unspecified atom stereocenters. The molecule has 0 spiro atoms. The van der Waals surface area contributed by atoms with Crippen molar-refractivity contribution in [3.63, 3.8) is 0 Å². The van der Waals surface area contributed by atoms with Crippen LogP contribution in [0.1, 0.15) is 64.2 Å². The van der Waals surface area contributed by atoms with Gasteiger partial charge in [-0.15, -0.1) is 0 Å². The smallest absolute Gasteiger partial charge is 0.0738 e. The van der Waals surface area contributed by atoms with Crippen molar-refractivity contribution in [2.24, 2.45) is 40.9 Å². The minimum absolute atomic E-state index is 0.454. The average molecular weight is 263 g/mol. The molecule has 2 heteroatoms. The molecule has 5 aliphatic carbocycles. The second-order valence-corrected chi connectivity index (χ2v) is 8.19. The predicted molar refractivity (Wildman–Crippen MR) is 76.2 cm³/mol. The SMILES string of the molecule is NOCC1(C2C3CC4CC(C3)CC2C4)CCCCC1. The molecule has 5 fully saturated rings. The quantitative estimate of drug-likeness (QED) is 0.784. The van der Waals surface area contributed by atoms with Crippen LogP contribution in [0.3, 0.4) is 0 Å². The lowest BCUT2D eigenvalue weighted by Crippen LogP contribution is -2.54. The van der Waals surface area contributed by atoms with Crippen molar-refractivity contribution < 1.29 is 4.84 Å². The largest absolute Gasteiger partial charge is 0.304 e. The summed E-state index contributed by atoms with van der Waals surface area (Å²) in [7, 11) is 0. The molecule has 0 saturated heterocycles. The Kier molecular flexibility index (Phi) is 3.15. The van der Waals surface area contributed by atoms with E-state index in [9.17, 15) is 0 Å². The summed E-state index contributed by atoms with van der Waals surface area (Å²) in [6, 6.07) is 0. The summed E-state index contributed by atoms with van der Waals surface area (Å²) in [4.78, 5) is 5.24. The van der Waals surface area contributed by atoms with E-state index in [2.05, 4.69) is 0 Å². The number of hydrogen-bond acceptors (Lipinski definition) is 2. The van der Waals surface area contributed by atoms with Crippen LogP contribution < -0.4 is 5.90 Å². The zero-order chi connectivity index (χ0) is 12.9. The van der Waals surface area contributed by atoms with E-state index in [1.54, 1.807) is 6.42 Å². The fourth-order valence-electron chi connectivity index (χ4n) is 6.92. The van der Waals surface area contributed by atoms with Crippen LogP contribution in [0, 0.1) is 35.0 Å². The molecule has 5 rings (SSSR count). The molecule has 0 aromatic heterocycles. The number of rotatable bonds is 3. The third kappa shape index (κ3) is 1.98. The third-order valence-electron chi connectivity index (χ3n) is 7.15. The van der Waals surface area contributed by atoms with E-state index in [-0.39, 0.29) is 0 Å². The normalized spacial score (nSPS) is 47.5. The maximum absolute atomic E-state index is 5.54. The molecule has 0 amide bonds. The van der Waals surface area contributed by atoms with Gasteiger partial charge in [-0.3, -0.25) is 0 Å². The number of nitrogens with two attached hydrogens (primary N) is 1. The molecule has 2 nitrogen and oxygen atoms in total. The van der Waals surface area contributed by atoms with E-state index in [1.165, 1.54) is 57.8 Å². The van der Waals surface area contributed by atoms with Crippen molar-refractivity contribution in [2.75, 3.05) is 6.61 Å². The predicted octanol–water partition coefficient (Wildman–Crippen LogP) is 3.90. The summed E-state index contributed by atoms with van der Waals surface area (Å²) < 4.78 is 0. The molecule has 5 saturated carbocycles. The summed E-state index contributed by atoms with van der Waals surface area (Å²) in [5, 5.41) is 0. The van der Waals surface area contributed by atoms with Crippen molar-refractivity contribution in [1.82, 2.24) is 0 Å². The molecular weight excluding hydrogens is 234 g/mol. The molecule has 108 valence electrons. The Hall–Kier alpha value is -0.0800. The first-order chi connectivity index (χ1) is 9.31. The van der Waals surface area contributed by atoms with Crippen molar-refractivity contribution >= 4 is 0 Å². The van der Waals surface area contributed by atoms with Gasteiger partial charge in [-0.2, -0.15) is 0 Å². The lowest BCUT2D eigenvalue weighted by molar-refractivity contribution is -0.134. The highest BCUT2D eigenvalue weighted by Gasteiger charge is 2.55. The lowest BCUT2D eigenvalue weighted by atomic mass is 9.45. The van der Waals surface area contributed by atoms with Crippen molar-refractivity contribution in [1.29, 1.82) is 0 Å². The van der Waals surface area contributed by atoms with Gasteiger partial charge in [-0.25, -0.2) is 5.90 Å². The molecule has 2 N–H and O–H groups in total. The van der Waals surface area contributed by atoms with Crippen molar-refractivity contribution in [3.8, 4) is 0 Å². The fourth-order valence-corrected chi connectivity index (χ4v) is 6.92. The molecule has 4 bridgehead atoms. The Balaban J connectivity index is 1.62. The van der Waals surface area contributed by atoms with Crippen LogP contribution in [-0.4, -0.2) is 6.61 Å². The van der Waals surface area contributed by atoms with Gasteiger partial charge >= 0.3 is 0 Å². The van der Waals surface area contributed by atoms with Crippen LogP contribution in [0.15, 0.2) is 0 Å². The average Bonchev–Trinajstić information content (AvgIpc) is 2.38. The van der Waals surface area contributed by atoms with Crippen LogP contribution >= 0.6 is 0 Å². The van der Waals surface area contributed by atoms with Crippen molar-refractivity contribution in [3.05, 3.63) is 0 Å². The van der Waals surface area contributed by atoms with Crippen LogP contribution in [-0.2, 0) is 4.84 Å². The highest BCUT2D eigenvalue weighted by Crippen LogP contribution is 2.63. The Morgan fingerprint density at radius 2 is 1.42 bits per heavy atom. The molecule has 0 aromatic rings. The molecule has 19 heavy (non-hydrogen) atoms. The van der Waals surface area contributed by atoms with Crippen LogP contribution in [0.5, 0.6) is 0 Å². The van der Waals surface area contributed by atoms with E-state index in [0.29, 0.717) is 5.41 Å². The van der Waals surface area contributed by atoms with Crippen molar-refractivity contribution in [2.45, 2.75) is 64.2 Å². The fraction of sp³-hybridized carbons (Fsp3) is 1.00. The topological polar surface area (TPSA) is 35.2 Å². The van der Waals surface area contributed by atoms with Gasteiger partial charge in [0.25, 0.3) is 0 Å². The van der Waals surface area contributed by atoms with Gasteiger partial charge in [0.05, 0.1) is 6.61 Å². The second kappa shape index (κ2) is 4.73. The Bertz CT molecular complexity index is 301. The zero-order valence-corrected chi connectivity index (χ0v) is 12.2. The molecular formula is C17H29NO. The van der Waals surface area contributed by atoms with E-state index in [4.69, 9.17) is 10.7 Å². The van der Waals surface area contributed by atoms with Crippen LogP contribution in [0.2, 0.25) is 0 Å². The van der Waals surface area contributed by atoms with Gasteiger partial charge in [0, 0.05) is 0 Å². The maximum atomic E-state index is 5.54. The Labute approximate surface area is 117 Å². The summed E-state index contributed by atoms with van der Waals surface area (Å²) >= 11 is 0. The Morgan fingerprint density at radius 1 is 0.842 bits per heavy atom. The third-order valence-corrected chi connectivity index (χ3v) is 7.15. The Morgan fingerprint density at radius 3 is 1.95 bits per heavy atom. The van der Waals surface area contributed by atoms with E-state index >= 15 is 0 Å². The number of hydrogen-bond donors (Lipinski definition) is 1. The standard InChI is InChI=1S/C17H29NO/c18-19-11-17(4-2-1-3-5-17)16-14-7-12-6-13(9-14)10-15(16)8-12/h12-16H,1-11,18H2. The maximum Gasteiger partial charge on any atom is 0.0738 e. The first-order valence-corrected chi connectivity index (χ1v) is 8.62. The van der Waals surface area contributed by atoms with Gasteiger partial charge in [0.1, 0.15) is 0 Å². The van der Waals surface area contributed by atoms with E-state index in [1.807, 2.05) is 0 Å². The molecule has 0 heterocycles. The highest BCUT2D eigenvalue weighted by molar-refractivity contribution is 5.04. The molecule has 0 radical (unpaired) electrons. The summed E-state index contributed by atoms with van der Waals surface area (Å²) in [5.74, 6) is 10.7. The van der Waals surface area contributed by atoms with Gasteiger partial charge < -0.3 is 4.84 Å². The minimum Gasteiger partial charge on any atom is -0.304 e. The second-order valence-electron chi connectivity index (χ2n) is 8.19. The van der Waals surface area contributed by atoms with Gasteiger partial charge in [-0.05, 0) is 80.0 Å². The molecule has 0 atom stereocenters. The summed E-state index contributed by atoms with van der Waals surface area (Å²) in [6.07, 6.45) is 14.7. The highest BCUT2D eigenvalue weighted by atomic mass is 16.6. The molecule has 0 aromatic carbocycles. The van der Waals surface area contributed by atoms with Gasteiger partial charge in [-0.1, -0.05) is 19.3 Å². The van der Waals surface area contributed by atoms with E-state index in [0.717, 1.165) is 36.2 Å². The van der Waals surface area contributed by atoms with Gasteiger partial charge in [0.2, 0.25) is 0 Å². The van der Waals surface area contributed by atoms with Gasteiger partial charge in [0.15, 0.2) is 0 Å². The monoisotopic (exact) mass is 263 g/mol. The van der Waals surface area contributed by atoms with E-state index < -0.39 is 0 Å².